The van der Waals surface area contributed by atoms with E-state index >= 15 is 0 Å². The van der Waals surface area contributed by atoms with Crippen molar-refractivity contribution in [3.05, 3.63) is 64.6 Å². The monoisotopic (exact) mass is 359 g/mol. The van der Waals surface area contributed by atoms with Gasteiger partial charge in [-0.2, -0.15) is 0 Å². The van der Waals surface area contributed by atoms with Crippen LogP contribution in [0.15, 0.2) is 42.5 Å². The van der Waals surface area contributed by atoms with Crippen molar-refractivity contribution in [3.8, 4) is 5.88 Å². The predicted molar refractivity (Wildman–Crippen MR) is 96.0 cm³/mol. The second-order valence-electron chi connectivity index (χ2n) is 6.16. The third kappa shape index (κ3) is 4.67. The van der Waals surface area contributed by atoms with Crippen molar-refractivity contribution in [1.82, 2.24) is 4.98 Å². The summed E-state index contributed by atoms with van der Waals surface area (Å²) < 4.78 is 19.4. The van der Waals surface area contributed by atoms with E-state index in [1.54, 1.807) is 18.2 Å². The summed E-state index contributed by atoms with van der Waals surface area (Å²) in [5.41, 5.74) is 2.48. The highest BCUT2D eigenvalue weighted by molar-refractivity contribution is 6.30. The SMILES string of the molecule is O=CCC1CC=C(c2cccc(OCc3ccc(Cl)cc3F)n2)CC1. The van der Waals surface area contributed by atoms with Crippen molar-refractivity contribution in [1.29, 1.82) is 0 Å². The molecule has 0 amide bonds. The molecule has 25 heavy (non-hydrogen) atoms. The summed E-state index contributed by atoms with van der Waals surface area (Å²) in [6, 6.07) is 10.1. The van der Waals surface area contributed by atoms with Crippen LogP contribution in [-0.2, 0) is 11.4 Å². The lowest BCUT2D eigenvalue weighted by molar-refractivity contribution is -0.108. The average Bonchev–Trinajstić information content (AvgIpc) is 2.62. The third-order valence-electron chi connectivity index (χ3n) is 4.39. The molecule has 0 N–H and O–H groups in total. The summed E-state index contributed by atoms with van der Waals surface area (Å²) in [7, 11) is 0. The Bertz CT molecular complexity index is 791. The standard InChI is InChI=1S/C20H19ClFNO2/c21-17-9-8-16(18(22)12-17)13-25-20-3-1-2-19(23-20)15-6-4-14(5-7-15)10-11-24/h1-3,6,8-9,11-12,14H,4-5,7,10,13H2. The summed E-state index contributed by atoms with van der Waals surface area (Å²) in [5, 5.41) is 0.360. The quantitative estimate of drug-likeness (QED) is 0.663. The Morgan fingerprint density at radius 2 is 2.20 bits per heavy atom. The summed E-state index contributed by atoms with van der Waals surface area (Å²) in [6.07, 6.45) is 6.56. The molecule has 1 aliphatic rings. The molecule has 1 aliphatic carbocycles. The van der Waals surface area contributed by atoms with Crippen molar-refractivity contribution in [3.63, 3.8) is 0 Å². The molecule has 0 aliphatic heterocycles. The van der Waals surface area contributed by atoms with Crippen LogP contribution >= 0.6 is 11.6 Å². The largest absolute Gasteiger partial charge is 0.473 e. The number of pyridine rings is 1. The maximum absolute atomic E-state index is 13.8. The van der Waals surface area contributed by atoms with Gasteiger partial charge >= 0.3 is 0 Å². The molecule has 1 unspecified atom stereocenters. The number of benzene rings is 1. The Labute approximate surface area is 151 Å². The Balaban J connectivity index is 1.66. The first-order chi connectivity index (χ1) is 12.2. The van der Waals surface area contributed by atoms with E-state index in [9.17, 15) is 9.18 Å². The van der Waals surface area contributed by atoms with Crippen molar-refractivity contribution in [2.75, 3.05) is 0 Å². The number of halogens is 2. The number of hydrogen-bond donors (Lipinski definition) is 0. The number of carbonyl (C=O) groups excluding carboxylic acids is 1. The van der Waals surface area contributed by atoms with Crippen LogP contribution in [-0.4, -0.2) is 11.3 Å². The zero-order valence-corrected chi connectivity index (χ0v) is 14.5. The lowest BCUT2D eigenvalue weighted by Crippen LogP contribution is -2.07. The van der Waals surface area contributed by atoms with Crippen LogP contribution in [0.4, 0.5) is 4.39 Å². The molecular weight excluding hydrogens is 341 g/mol. The smallest absolute Gasteiger partial charge is 0.214 e. The minimum Gasteiger partial charge on any atom is -0.473 e. The van der Waals surface area contributed by atoms with Crippen molar-refractivity contribution in [2.24, 2.45) is 5.92 Å². The summed E-state index contributed by atoms with van der Waals surface area (Å²) in [6.45, 7) is 0.0971. The van der Waals surface area contributed by atoms with Crippen LogP contribution in [0.3, 0.4) is 0 Å². The molecular formula is C20H19ClFNO2. The van der Waals surface area contributed by atoms with E-state index in [0.29, 0.717) is 28.8 Å². The number of ether oxygens (including phenoxy) is 1. The van der Waals surface area contributed by atoms with E-state index in [4.69, 9.17) is 16.3 Å². The number of aldehydes is 1. The molecule has 0 radical (unpaired) electrons. The molecule has 2 aromatic rings. The molecule has 0 bridgehead atoms. The second kappa shape index (κ2) is 8.26. The van der Waals surface area contributed by atoms with Gasteiger partial charge in [0.05, 0.1) is 5.69 Å². The highest BCUT2D eigenvalue weighted by Gasteiger charge is 2.16. The van der Waals surface area contributed by atoms with Gasteiger partial charge in [0.15, 0.2) is 0 Å². The number of rotatable bonds is 6. The van der Waals surface area contributed by atoms with E-state index < -0.39 is 0 Å². The zero-order chi connectivity index (χ0) is 17.6. The summed E-state index contributed by atoms with van der Waals surface area (Å²) in [4.78, 5) is 15.1. The Morgan fingerprint density at radius 1 is 1.32 bits per heavy atom. The Hall–Kier alpha value is -2.20. The first kappa shape index (κ1) is 17.6. The van der Waals surface area contributed by atoms with Crippen molar-refractivity contribution in [2.45, 2.75) is 32.3 Å². The first-order valence-corrected chi connectivity index (χ1v) is 8.70. The van der Waals surface area contributed by atoms with Gasteiger partial charge in [0.25, 0.3) is 0 Å². The fourth-order valence-corrected chi connectivity index (χ4v) is 3.09. The molecule has 0 spiro atoms. The van der Waals surface area contributed by atoms with E-state index in [0.717, 1.165) is 31.2 Å². The normalized spacial score (nSPS) is 17.0. The van der Waals surface area contributed by atoms with Crippen LogP contribution in [0, 0.1) is 11.7 Å². The van der Waals surface area contributed by atoms with Gasteiger partial charge in [-0.1, -0.05) is 29.8 Å². The Morgan fingerprint density at radius 3 is 2.92 bits per heavy atom. The molecule has 1 aromatic heterocycles. The molecule has 0 saturated heterocycles. The number of nitrogens with zero attached hydrogens (tertiary/aromatic N) is 1. The van der Waals surface area contributed by atoms with Gasteiger partial charge in [0.2, 0.25) is 5.88 Å². The summed E-state index contributed by atoms with van der Waals surface area (Å²) >= 11 is 5.75. The highest BCUT2D eigenvalue weighted by atomic mass is 35.5. The fraction of sp³-hybridized carbons (Fsp3) is 0.300. The minimum atomic E-state index is -0.389. The second-order valence-corrected chi connectivity index (χ2v) is 6.59. The molecule has 3 nitrogen and oxygen atoms in total. The lowest BCUT2D eigenvalue weighted by atomic mass is 9.86. The topological polar surface area (TPSA) is 39.2 Å². The first-order valence-electron chi connectivity index (χ1n) is 8.32. The Kier molecular flexibility index (Phi) is 5.82. The third-order valence-corrected chi connectivity index (χ3v) is 4.63. The number of carbonyl (C=O) groups is 1. The predicted octanol–water partition coefficient (Wildman–Crippen LogP) is 5.23. The van der Waals surface area contributed by atoms with Crippen LogP contribution in [0.5, 0.6) is 5.88 Å². The fourth-order valence-electron chi connectivity index (χ4n) is 2.94. The van der Waals surface area contributed by atoms with Gasteiger partial charge in [0, 0.05) is 23.1 Å². The molecule has 5 heteroatoms. The van der Waals surface area contributed by atoms with E-state index in [1.165, 1.54) is 11.6 Å². The van der Waals surface area contributed by atoms with Gasteiger partial charge in [0.1, 0.15) is 18.7 Å². The maximum atomic E-state index is 13.8. The molecule has 130 valence electrons. The average molecular weight is 360 g/mol. The minimum absolute atomic E-state index is 0.0971. The van der Waals surface area contributed by atoms with Gasteiger partial charge in [-0.15, -0.1) is 0 Å². The highest BCUT2D eigenvalue weighted by Crippen LogP contribution is 2.31. The van der Waals surface area contributed by atoms with Gasteiger partial charge < -0.3 is 9.53 Å². The van der Waals surface area contributed by atoms with Crippen LogP contribution in [0.1, 0.15) is 36.9 Å². The van der Waals surface area contributed by atoms with E-state index in [2.05, 4.69) is 11.1 Å². The molecule has 1 aromatic carbocycles. The molecule has 1 heterocycles. The van der Waals surface area contributed by atoms with Crippen molar-refractivity contribution >= 4 is 23.5 Å². The molecule has 0 saturated carbocycles. The van der Waals surface area contributed by atoms with Crippen LogP contribution in [0.25, 0.3) is 5.57 Å². The van der Waals surface area contributed by atoms with Crippen LogP contribution in [0.2, 0.25) is 5.02 Å². The summed E-state index contributed by atoms with van der Waals surface area (Å²) in [5.74, 6) is 0.510. The lowest BCUT2D eigenvalue weighted by Gasteiger charge is -2.20. The van der Waals surface area contributed by atoms with Crippen LogP contribution < -0.4 is 4.74 Å². The number of hydrogen-bond acceptors (Lipinski definition) is 3. The zero-order valence-electron chi connectivity index (χ0n) is 13.8. The van der Waals surface area contributed by atoms with Crippen molar-refractivity contribution < 1.29 is 13.9 Å². The molecule has 3 rings (SSSR count). The van der Waals surface area contributed by atoms with Gasteiger partial charge in [-0.3, -0.25) is 0 Å². The number of allylic oxidation sites excluding steroid dienone is 2. The maximum Gasteiger partial charge on any atom is 0.214 e. The molecule has 0 fully saturated rings. The van der Waals surface area contributed by atoms with E-state index in [1.807, 2.05) is 12.1 Å². The van der Waals surface area contributed by atoms with E-state index in [-0.39, 0.29) is 12.4 Å². The molecule has 1 atom stereocenters. The van der Waals surface area contributed by atoms with Gasteiger partial charge in [-0.25, -0.2) is 9.37 Å². The van der Waals surface area contributed by atoms with Gasteiger partial charge in [-0.05, 0) is 49.0 Å². The number of aromatic nitrogens is 1.